The molecule has 2 aromatic rings. The molecule has 0 radical (unpaired) electrons. The zero-order valence-electron chi connectivity index (χ0n) is 11.7. The van der Waals surface area contributed by atoms with Crippen molar-refractivity contribution in [3.05, 3.63) is 36.0 Å². The van der Waals surface area contributed by atoms with E-state index in [-0.39, 0.29) is 0 Å². The molecule has 2 nitrogen and oxygen atoms in total. The number of nitrogens with one attached hydrogen (secondary N) is 1. The Bertz CT molecular complexity index is 499. The first kappa shape index (κ1) is 13.2. The fourth-order valence-electron chi connectivity index (χ4n) is 2.40. The van der Waals surface area contributed by atoms with Crippen LogP contribution in [0.3, 0.4) is 0 Å². The van der Waals surface area contributed by atoms with E-state index in [2.05, 4.69) is 61.1 Å². The molecular formula is C16H24N2. The lowest BCUT2D eigenvalue weighted by Crippen LogP contribution is -2.15. The number of para-hydroxylation sites is 1. The van der Waals surface area contributed by atoms with Crippen LogP contribution in [0.5, 0.6) is 0 Å². The Morgan fingerprint density at radius 1 is 1.22 bits per heavy atom. The van der Waals surface area contributed by atoms with Gasteiger partial charge in [-0.1, -0.05) is 32.0 Å². The molecule has 0 aliphatic carbocycles. The molecule has 18 heavy (non-hydrogen) atoms. The lowest BCUT2D eigenvalue weighted by Gasteiger charge is -2.15. The molecule has 0 aliphatic heterocycles. The maximum atomic E-state index is 3.50. The van der Waals surface area contributed by atoms with Gasteiger partial charge in [0.1, 0.15) is 0 Å². The van der Waals surface area contributed by atoms with Crippen LogP contribution in [0.2, 0.25) is 0 Å². The molecule has 0 aliphatic rings. The molecule has 0 saturated carbocycles. The van der Waals surface area contributed by atoms with Gasteiger partial charge >= 0.3 is 0 Å². The van der Waals surface area contributed by atoms with Gasteiger partial charge in [0.05, 0.1) is 5.52 Å². The van der Waals surface area contributed by atoms with Gasteiger partial charge in [0.25, 0.3) is 0 Å². The Labute approximate surface area is 110 Å². The van der Waals surface area contributed by atoms with Crippen LogP contribution < -0.4 is 5.32 Å². The maximum absolute atomic E-state index is 3.50. The van der Waals surface area contributed by atoms with Crippen LogP contribution in [-0.4, -0.2) is 11.1 Å². The average Bonchev–Trinajstić information content (AvgIpc) is 2.83. The second-order valence-electron chi connectivity index (χ2n) is 5.01. The van der Waals surface area contributed by atoms with Crippen LogP contribution in [-0.2, 0) is 6.54 Å². The Morgan fingerprint density at radius 2 is 2.06 bits per heavy atom. The maximum Gasteiger partial charge on any atom is 0.0528 e. The van der Waals surface area contributed by atoms with Crippen molar-refractivity contribution in [2.75, 3.05) is 6.54 Å². The third kappa shape index (κ3) is 2.59. The molecule has 1 aromatic carbocycles. The van der Waals surface area contributed by atoms with Crippen LogP contribution in [0.15, 0.2) is 30.5 Å². The topological polar surface area (TPSA) is 17.0 Å². The molecule has 0 amide bonds. The predicted octanol–water partition coefficient (Wildman–Crippen LogP) is 4.11. The number of rotatable bonds is 6. The number of nitrogens with zero attached hydrogens (tertiary/aromatic N) is 1. The molecule has 1 aromatic heterocycles. The summed E-state index contributed by atoms with van der Waals surface area (Å²) in [5, 5.41) is 4.86. The molecule has 1 N–H and O–H groups in total. The second kappa shape index (κ2) is 6.05. The van der Waals surface area contributed by atoms with Crippen molar-refractivity contribution in [1.29, 1.82) is 0 Å². The van der Waals surface area contributed by atoms with Gasteiger partial charge in [-0.3, -0.25) is 0 Å². The minimum Gasteiger partial charge on any atom is -0.344 e. The second-order valence-corrected chi connectivity index (χ2v) is 5.01. The summed E-state index contributed by atoms with van der Waals surface area (Å²) in [5.74, 6) is 0. The highest BCUT2D eigenvalue weighted by Crippen LogP contribution is 2.25. The van der Waals surface area contributed by atoms with Gasteiger partial charge in [0.2, 0.25) is 0 Å². The Hall–Kier alpha value is -1.28. The average molecular weight is 244 g/mol. The van der Waals surface area contributed by atoms with Crippen LogP contribution in [0.1, 0.15) is 45.2 Å². The van der Waals surface area contributed by atoms with Gasteiger partial charge in [-0.15, -0.1) is 0 Å². The zero-order chi connectivity index (χ0) is 13.0. The minimum absolute atomic E-state index is 0.565. The molecule has 0 fully saturated rings. The highest BCUT2D eigenvalue weighted by atomic mass is 15.0. The minimum atomic E-state index is 0.565. The summed E-state index contributed by atoms with van der Waals surface area (Å²) in [7, 11) is 0. The van der Waals surface area contributed by atoms with Gasteiger partial charge < -0.3 is 9.88 Å². The molecule has 1 heterocycles. The number of hydrogen-bond donors (Lipinski definition) is 1. The first-order chi connectivity index (χ1) is 8.77. The van der Waals surface area contributed by atoms with Crippen molar-refractivity contribution in [1.82, 2.24) is 9.88 Å². The quantitative estimate of drug-likeness (QED) is 0.757. The van der Waals surface area contributed by atoms with Crippen LogP contribution in [0, 0.1) is 0 Å². The SMILES string of the molecule is CCCNCc1cccc2ccn(C(C)CC)c12. The summed E-state index contributed by atoms with van der Waals surface area (Å²) in [5.41, 5.74) is 2.81. The summed E-state index contributed by atoms with van der Waals surface area (Å²) in [6.45, 7) is 8.78. The van der Waals surface area contributed by atoms with Crippen molar-refractivity contribution in [2.24, 2.45) is 0 Å². The first-order valence-corrected chi connectivity index (χ1v) is 7.07. The number of fused-ring (bicyclic) bond motifs is 1. The summed E-state index contributed by atoms with van der Waals surface area (Å²) < 4.78 is 2.41. The van der Waals surface area contributed by atoms with Crippen molar-refractivity contribution < 1.29 is 0 Å². The number of aromatic nitrogens is 1. The molecule has 1 unspecified atom stereocenters. The Kier molecular flexibility index (Phi) is 4.43. The van der Waals surface area contributed by atoms with E-state index in [0.717, 1.165) is 13.1 Å². The van der Waals surface area contributed by atoms with E-state index in [1.807, 2.05) is 0 Å². The van der Waals surface area contributed by atoms with Crippen LogP contribution in [0.4, 0.5) is 0 Å². The van der Waals surface area contributed by atoms with Gasteiger partial charge in [-0.25, -0.2) is 0 Å². The summed E-state index contributed by atoms with van der Waals surface area (Å²) in [4.78, 5) is 0. The smallest absolute Gasteiger partial charge is 0.0528 e. The summed E-state index contributed by atoms with van der Waals surface area (Å²) in [6.07, 6.45) is 4.57. The molecule has 0 saturated heterocycles. The standard InChI is InChI=1S/C16H24N2/c1-4-10-17-12-15-8-6-7-14-9-11-18(16(14)15)13(3)5-2/h6-9,11,13,17H,4-5,10,12H2,1-3H3. The van der Waals surface area contributed by atoms with E-state index >= 15 is 0 Å². The molecule has 2 rings (SSSR count). The van der Waals surface area contributed by atoms with Gasteiger partial charge in [-0.2, -0.15) is 0 Å². The van der Waals surface area contributed by atoms with E-state index in [0.29, 0.717) is 6.04 Å². The van der Waals surface area contributed by atoms with Crippen molar-refractivity contribution in [2.45, 2.75) is 46.2 Å². The number of hydrogen-bond acceptors (Lipinski definition) is 1. The van der Waals surface area contributed by atoms with Gasteiger partial charge in [0, 0.05) is 18.8 Å². The van der Waals surface area contributed by atoms with Crippen molar-refractivity contribution in [3.63, 3.8) is 0 Å². The molecular weight excluding hydrogens is 220 g/mol. The third-order valence-corrected chi connectivity index (χ3v) is 3.63. The molecule has 0 bridgehead atoms. The largest absolute Gasteiger partial charge is 0.344 e. The van der Waals surface area contributed by atoms with E-state index < -0.39 is 0 Å². The lowest BCUT2D eigenvalue weighted by molar-refractivity contribution is 0.546. The Morgan fingerprint density at radius 3 is 2.78 bits per heavy atom. The fraction of sp³-hybridized carbons (Fsp3) is 0.500. The number of benzene rings is 1. The predicted molar refractivity (Wildman–Crippen MR) is 78.9 cm³/mol. The monoisotopic (exact) mass is 244 g/mol. The van der Waals surface area contributed by atoms with Crippen molar-refractivity contribution in [3.8, 4) is 0 Å². The van der Waals surface area contributed by atoms with Gasteiger partial charge in [-0.05, 0) is 43.3 Å². The van der Waals surface area contributed by atoms with Crippen LogP contribution >= 0.6 is 0 Å². The highest BCUT2D eigenvalue weighted by Gasteiger charge is 2.09. The summed E-state index contributed by atoms with van der Waals surface area (Å²) in [6, 6.07) is 9.40. The summed E-state index contributed by atoms with van der Waals surface area (Å²) >= 11 is 0. The van der Waals surface area contributed by atoms with Crippen LogP contribution in [0.25, 0.3) is 10.9 Å². The van der Waals surface area contributed by atoms with E-state index in [4.69, 9.17) is 0 Å². The van der Waals surface area contributed by atoms with Gasteiger partial charge in [0.15, 0.2) is 0 Å². The normalized spacial score (nSPS) is 13.1. The fourth-order valence-corrected chi connectivity index (χ4v) is 2.40. The Balaban J connectivity index is 2.36. The van der Waals surface area contributed by atoms with E-state index in [9.17, 15) is 0 Å². The third-order valence-electron chi connectivity index (χ3n) is 3.63. The van der Waals surface area contributed by atoms with Crippen molar-refractivity contribution >= 4 is 10.9 Å². The molecule has 1 atom stereocenters. The molecule has 2 heteroatoms. The van der Waals surface area contributed by atoms with E-state index in [1.54, 1.807) is 0 Å². The molecule has 0 spiro atoms. The zero-order valence-corrected chi connectivity index (χ0v) is 11.7. The highest BCUT2D eigenvalue weighted by molar-refractivity contribution is 5.83. The molecule has 98 valence electrons. The lowest BCUT2D eigenvalue weighted by atomic mass is 10.1. The van der Waals surface area contributed by atoms with E-state index in [1.165, 1.54) is 29.3 Å². The first-order valence-electron chi connectivity index (χ1n) is 7.07.